The number of carbonyl (C=O) groups excluding carboxylic acids is 1. The molecule has 3 aromatic rings. The Morgan fingerprint density at radius 1 is 1.31 bits per heavy atom. The van der Waals surface area contributed by atoms with Gasteiger partial charge in [-0.3, -0.25) is 9.78 Å². The summed E-state index contributed by atoms with van der Waals surface area (Å²) in [5.74, 6) is -0.874. The summed E-state index contributed by atoms with van der Waals surface area (Å²) in [7, 11) is 0. The maximum atomic E-state index is 12.6. The van der Waals surface area contributed by atoms with Crippen LogP contribution in [0.4, 0.5) is 13.2 Å². The van der Waals surface area contributed by atoms with Crippen LogP contribution in [0.2, 0.25) is 0 Å². The van der Waals surface area contributed by atoms with Crippen molar-refractivity contribution in [3.8, 4) is 0 Å². The second kappa shape index (κ2) is 6.26. The Hall–Kier alpha value is -2.64. The summed E-state index contributed by atoms with van der Waals surface area (Å²) >= 11 is 0. The van der Waals surface area contributed by atoms with Crippen molar-refractivity contribution in [2.24, 2.45) is 0 Å². The molecule has 0 aliphatic carbocycles. The van der Waals surface area contributed by atoms with Crippen molar-refractivity contribution >= 4 is 27.8 Å². The molecule has 3 aromatic heterocycles. The third-order valence-corrected chi connectivity index (χ3v) is 4.89. The van der Waals surface area contributed by atoms with Crippen LogP contribution < -0.4 is 0 Å². The van der Waals surface area contributed by atoms with Crippen LogP contribution in [-0.4, -0.2) is 45.0 Å². The van der Waals surface area contributed by atoms with Gasteiger partial charge in [0.2, 0.25) is 5.91 Å². The highest BCUT2D eigenvalue weighted by Crippen LogP contribution is 2.35. The quantitative estimate of drug-likeness (QED) is 0.755. The fraction of sp³-hybridized carbons (Fsp3) is 0.389. The molecule has 0 radical (unpaired) electrons. The first-order valence-electron chi connectivity index (χ1n) is 8.47. The number of likely N-dealkylation sites (tertiary alicyclic amines) is 1. The summed E-state index contributed by atoms with van der Waals surface area (Å²) in [4.78, 5) is 25.1. The SMILES string of the molecule is O=C(CC(F)(F)F)N1CCC[C@@H](c2ccnc3cnc4[nH]ccc4c23)C1. The number of piperidine rings is 1. The molecule has 1 N–H and O–H groups in total. The third kappa shape index (κ3) is 3.11. The molecule has 1 atom stereocenters. The number of carbonyl (C=O) groups is 1. The molecule has 1 amide bonds. The van der Waals surface area contributed by atoms with Gasteiger partial charge >= 0.3 is 6.18 Å². The van der Waals surface area contributed by atoms with E-state index in [2.05, 4.69) is 15.0 Å². The molecule has 26 heavy (non-hydrogen) atoms. The number of nitrogens with zero attached hydrogens (tertiary/aromatic N) is 3. The molecule has 1 aliphatic rings. The molecule has 0 unspecified atom stereocenters. The maximum Gasteiger partial charge on any atom is 0.397 e. The fourth-order valence-corrected chi connectivity index (χ4v) is 3.76. The molecule has 1 saturated heterocycles. The average Bonchev–Trinajstić information content (AvgIpc) is 3.09. The van der Waals surface area contributed by atoms with Gasteiger partial charge in [0.1, 0.15) is 12.1 Å². The number of fused-ring (bicyclic) bond motifs is 3. The van der Waals surface area contributed by atoms with Gasteiger partial charge in [-0.15, -0.1) is 0 Å². The van der Waals surface area contributed by atoms with E-state index in [0.717, 1.165) is 33.9 Å². The summed E-state index contributed by atoms with van der Waals surface area (Å²) in [5.41, 5.74) is 2.49. The van der Waals surface area contributed by atoms with Gasteiger partial charge in [0.25, 0.3) is 0 Å². The van der Waals surface area contributed by atoms with Crippen molar-refractivity contribution in [1.29, 1.82) is 0 Å². The van der Waals surface area contributed by atoms with E-state index in [4.69, 9.17) is 0 Å². The predicted molar refractivity (Wildman–Crippen MR) is 90.6 cm³/mol. The van der Waals surface area contributed by atoms with E-state index in [0.29, 0.717) is 19.5 Å². The van der Waals surface area contributed by atoms with E-state index in [1.54, 1.807) is 18.6 Å². The first-order chi connectivity index (χ1) is 12.4. The minimum absolute atomic E-state index is 0.0214. The monoisotopic (exact) mass is 362 g/mol. The van der Waals surface area contributed by atoms with Crippen molar-refractivity contribution in [2.45, 2.75) is 31.4 Å². The number of halogens is 3. The van der Waals surface area contributed by atoms with E-state index in [9.17, 15) is 18.0 Å². The summed E-state index contributed by atoms with van der Waals surface area (Å²) < 4.78 is 37.7. The highest BCUT2D eigenvalue weighted by atomic mass is 19.4. The Balaban J connectivity index is 1.69. The number of rotatable bonds is 2. The number of nitrogens with one attached hydrogen (secondary N) is 1. The highest BCUT2D eigenvalue weighted by Gasteiger charge is 2.35. The second-order valence-electron chi connectivity index (χ2n) is 6.63. The van der Waals surface area contributed by atoms with Gasteiger partial charge in [-0.2, -0.15) is 13.2 Å². The summed E-state index contributed by atoms with van der Waals surface area (Å²) in [5, 5.41) is 1.89. The Morgan fingerprint density at radius 3 is 2.96 bits per heavy atom. The van der Waals surface area contributed by atoms with E-state index >= 15 is 0 Å². The molecule has 0 saturated carbocycles. The normalized spacial score (nSPS) is 18.6. The lowest BCUT2D eigenvalue weighted by molar-refractivity contribution is -0.162. The van der Waals surface area contributed by atoms with E-state index in [-0.39, 0.29) is 5.92 Å². The zero-order valence-electron chi connectivity index (χ0n) is 13.9. The molecule has 4 rings (SSSR count). The summed E-state index contributed by atoms with van der Waals surface area (Å²) in [6.07, 6.45) is 0.803. The molecule has 0 aromatic carbocycles. The fourth-order valence-electron chi connectivity index (χ4n) is 3.76. The van der Waals surface area contributed by atoms with Crippen LogP contribution in [-0.2, 0) is 4.79 Å². The molecule has 0 bridgehead atoms. The first-order valence-corrected chi connectivity index (χ1v) is 8.47. The van der Waals surface area contributed by atoms with Crippen molar-refractivity contribution in [3.63, 3.8) is 0 Å². The van der Waals surface area contributed by atoms with E-state index in [1.165, 1.54) is 4.90 Å². The van der Waals surface area contributed by atoms with Crippen LogP contribution in [0.15, 0.2) is 30.7 Å². The number of aromatic amines is 1. The largest absolute Gasteiger partial charge is 0.397 e. The van der Waals surface area contributed by atoms with E-state index < -0.39 is 18.5 Å². The van der Waals surface area contributed by atoms with Crippen molar-refractivity contribution < 1.29 is 18.0 Å². The van der Waals surface area contributed by atoms with Crippen LogP contribution in [0.1, 0.15) is 30.7 Å². The lowest BCUT2D eigenvalue weighted by Crippen LogP contribution is -2.40. The van der Waals surface area contributed by atoms with Crippen molar-refractivity contribution in [1.82, 2.24) is 19.9 Å². The number of H-pyrrole nitrogens is 1. The van der Waals surface area contributed by atoms with Crippen LogP contribution >= 0.6 is 0 Å². The van der Waals surface area contributed by atoms with E-state index in [1.807, 2.05) is 12.1 Å². The third-order valence-electron chi connectivity index (χ3n) is 4.89. The van der Waals surface area contributed by atoms with Crippen LogP contribution in [0.5, 0.6) is 0 Å². The zero-order chi connectivity index (χ0) is 18.3. The maximum absolute atomic E-state index is 12.6. The number of hydrogen-bond donors (Lipinski definition) is 1. The molecular weight excluding hydrogens is 345 g/mol. The van der Waals surface area contributed by atoms with Gasteiger partial charge in [0.15, 0.2) is 0 Å². The Bertz CT molecular complexity index is 966. The molecule has 5 nitrogen and oxygen atoms in total. The first kappa shape index (κ1) is 16.8. The summed E-state index contributed by atoms with van der Waals surface area (Å²) in [6.45, 7) is 0.665. The molecule has 1 fully saturated rings. The average molecular weight is 362 g/mol. The van der Waals surface area contributed by atoms with Crippen molar-refractivity contribution in [2.75, 3.05) is 13.1 Å². The standard InChI is InChI=1S/C18H17F3N4O/c19-18(20,21)8-15(26)25-7-1-2-11(10-25)12-3-5-22-14-9-24-17-13(16(12)14)4-6-23-17/h3-6,9,11H,1-2,7-8,10H2,(H,23,24)/t11-/m1/s1. The van der Waals surface area contributed by atoms with Gasteiger partial charge in [0.05, 0.1) is 11.7 Å². The van der Waals surface area contributed by atoms with Gasteiger partial charge < -0.3 is 9.88 Å². The lowest BCUT2D eigenvalue weighted by atomic mass is 9.88. The number of hydrogen-bond acceptors (Lipinski definition) is 3. The topological polar surface area (TPSA) is 61.9 Å². The van der Waals surface area contributed by atoms with Gasteiger partial charge in [-0.05, 0) is 30.5 Å². The Morgan fingerprint density at radius 2 is 2.15 bits per heavy atom. The van der Waals surface area contributed by atoms with Crippen LogP contribution in [0.3, 0.4) is 0 Å². The van der Waals surface area contributed by atoms with Crippen molar-refractivity contribution in [3.05, 3.63) is 36.3 Å². The lowest BCUT2D eigenvalue weighted by Gasteiger charge is -2.33. The second-order valence-corrected chi connectivity index (χ2v) is 6.63. The number of alkyl halides is 3. The molecule has 8 heteroatoms. The summed E-state index contributed by atoms with van der Waals surface area (Å²) in [6, 6.07) is 3.82. The molecule has 136 valence electrons. The minimum atomic E-state index is -4.48. The van der Waals surface area contributed by atoms with Gasteiger partial charge in [-0.25, -0.2) is 4.98 Å². The highest BCUT2D eigenvalue weighted by molar-refractivity contribution is 6.05. The molecule has 1 aliphatic heterocycles. The van der Waals surface area contributed by atoms with Gasteiger partial charge in [0, 0.05) is 42.2 Å². The smallest absolute Gasteiger partial charge is 0.346 e. The molecular formula is C18H17F3N4O. The molecule has 4 heterocycles. The Labute approximate surface area is 147 Å². The Kier molecular flexibility index (Phi) is 4.05. The predicted octanol–water partition coefficient (Wildman–Crippen LogP) is 3.77. The van der Waals surface area contributed by atoms with Crippen LogP contribution in [0.25, 0.3) is 21.9 Å². The minimum Gasteiger partial charge on any atom is -0.346 e. The number of pyridine rings is 2. The molecule has 0 spiro atoms. The zero-order valence-corrected chi connectivity index (χ0v) is 13.9. The number of aromatic nitrogens is 3. The van der Waals surface area contributed by atoms with Gasteiger partial charge in [-0.1, -0.05) is 0 Å². The van der Waals surface area contributed by atoms with Crippen LogP contribution in [0, 0.1) is 0 Å². The number of amides is 1.